The number of carbonyl (C=O) groups is 1. The number of fused-ring (bicyclic) bond motifs is 2. The van der Waals surface area contributed by atoms with Gasteiger partial charge in [0.05, 0.1) is 16.6 Å². The maximum Gasteiger partial charge on any atom is 0.228 e. The number of carbonyl (C=O) groups excluding carboxylic acids is 1. The molecule has 1 N–H and O–H groups in total. The van der Waals surface area contributed by atoms with E-state index in [1.165, 1.54) is 22.3 Å². The highest BCUT2D eigenvalue weighted by Crippen LogP contribution is 2.34. The lowest BCUT2D eigenvalue weighted by Crippen LogP contribution is -2.14. The Balaban J connectivity index is 1.28. The first kappa shape index (κ1) is 22.6. The quantitative estimate of drug-likeness (QED) is 0.251. The summed E-state index contributed by atoms with van der Waals surface area (Å²) in [6.45, 7) is 6.51. The van der Waals surface area contributed by atoms with Crippen LogP contribution in [0.3, 0.4) is 0 Å². The van der Waals surface area contributed by atoms with Crippen molar-refractivity contribution in [2.24, 2.45) is 0 Å². The molecule has 4 aromatic carbocycles. The largest absolute Gasteiger partial charge is 0.326 e. The van der Waals surface area contributed by atoms with E-state index in [-0.39, 0.29) is 5.91 Å². The van der Waals surface area contributed by atoms with Gasteiger partial charge in [0.1, 0.15) is 0 Å². The fraction of sp³-hybridized carbons (Fsp3) is 0.172. The van der Waals surface area contributed by atoms with Crippen LogP contribution in [0.15, 0.2) is 77.1 Å². The van der Waals surface area contributed by atoms with Crippen LogP contribution >= 0.6 is 23.1 Å². The predicted molar refractivity (Wildman–Crippen MR) is 146 cm³/mol. The number of hydrogen-bond acceptors (Lipinski definition) is 4. The number of anilines is 1. The minimum atomic E-state index is -0.0138. The van der Waals surface area contributed by atoms with Gasteiger partial charge in [0.15, 0.2) is 4.34 Å². The molecule has 0 spiro atoms. The zero-order chi connectivity index (χ0) is 23.7. The second-order valence-corrected chi connectivity index (χ2v) is 10.9. The van der Waals surface area contributed by atoms with Crippen LogP contribution in [0.1, 0.15) is 27.8 Å². The Labute approximate surface area is 208 Å². The summed E-state index contributed by atoms with van der Waals surface area (Å²) in [6, 6.07) is 24.7. The molecule has 5 rings (SSSR count). The lowest BCUT2D eigenvalue weighted by atomic mass is 10.0. The molecule has 3 nitrogen and oxygen atoms in total. The van der Waals surface area contributed by atoms with Gasteiger partial charge in [-0.1, -0.05) is 71.9 Å². The van der Waals surface area contributed by atoms with E-state index in [2.05, 4.69) is 56.4 Å². The average molecular weight is 483 g/mol. The van der Waals surface area contributed by atoms with E-state index in [0.29, 0.717) is 6.42 Å². The standard InChI is InChI=1S/C29H26N2OS2/c1-18-13-19(2)25(20(3)14-18)17-33-29-31-26-12-11-23(16-27(26)34-29)30-28(32)15-22-9-6-8-21-7-4-5-10-24(21)22/h4-14,16H,15,17H2,1-3H3,(H,30,32). The van der Waals surface area contributed by atoms with Crippen LogP contribution in [0.4, 0.5) is 5.69 Å². The first-order valence-corrected chi connectivity index (χ1v) is 13.1. The van der Waals surface area contributed by atoms with Gasteiger partial charge in [-0.15, -0.1) is 11.3 Å². The summed E-state index contributed by atoms with van der Waals surface area (Å²) in [6.07, 6.45) is 0.346. The molecule has 0 radical (unpaired) electrons. The minimum absolute atomic E-state index is 0.0138. The zero-order valence-corrected chi connectivity index (χ0v) is 21.1. The molecule has 0 saturated carbocycles. The number of benzene rings is 4. The molecule has 34 heavy (non-hydrogen) atoms. The number of aryl methyl sites for hydroxylation is 3. The smallest absolute Gasteiger partial charge is 0.228 e. The Hall–Kier alpha value is -3.15. The summed E-state index contributed by atoms with van der Waals surface area (Å²) in [7, 11) is 0. The van der Waals surface area contributed by atoms with E-state index in [4.69, 9.17) is 4.98 Å². The van der Waals surface area contributed by atoms with E-state index < -0.39 is 0 Å². The normalized spacial score (nSPS) is 11.3. The Kier molecular flexibility index (Phi) is 6.40. The molecular weight excluding hydrogens is 456 g/mol. The zero-order valence-electron chi connectivity index (χ0n) is 19.5. The Morgan fingerprint density at radius 1 is 0.941 bits per heavy atom. The Bertz CT molecular complexity index is 1490. The van der Waals surface area contributed by atoms with E-state index in [1.54, 1.807) is 23.1 Å². The van der Waals surface area contributed by atoms with Crippen molar-refractivity contribution >= 4 is 55.7 Å². The summed E-state index contributed by atoms with van der Waals surface area (Å²) >= 11 is 3.46. The van der Waals surface area contributed by atoms with Crippen molar-refractivity contribution in [3.05, 3.63) is 101 Å². The fourth-order valence-corrected chi connectivity index (χ4v) is 6.74. The molecule has 170 valence electrons. The van der Waals surface area contributed by atoms with Crippen molar-refractivity contribution in [3.8, 4) is 0 Å². The van der Waals surface area contributed by atoms with Gasteiger partial charge in [-0.25, -0.2) is 4.98 Å². The Morgan fingerprint density at radius 2 is 1.71 bits per heavy atom. The fourth-order valence-electron chi connectivity index (χ4n) is 4.44. The molecule has 0 fully saturated rings. The van der Waals surface area contributed by atoms with Crippen molar-refractivity contribution in [2.75, 3.05) is 5.32 Å². The summed E-state index contributed by atoms with van der Waals surface area (Å²) in [5, 5.41) is 5.34. The molecule has 0 aliphatic carbocycles. The van der Waals surface area contributed by atoms with Gasteiger partial charge < -0.3 is 5.32 Å². The maximum atomic E-state index is 12.8. The van der Waals surface area contributed by atoms with Crippen molar-refractivity contribution < 1.29 is 4.79 Å². The first-order chi connectivity index (χ1) is 16.5. The molecule has 1 aromatic heterocycles. The van der Waals surface area contributed by atoms with Gasteiger partial charge in [0, 0.05) is 11.4 Å². The molecule has 0 saturated heterocycles. The van der Waals surface area contributed by atoms with Gasteiger partial charge in [-0.3, -0.25) is 4.79 Å². The van der Waals surface area contributed by atoms with Crippen LogP contribution in [0.25, 0.3) is 21.0 Å². The summed E-state index contributed by atoms with van der Waals surface area (Å²) in [5.41, 5.74) is 8.18. The third-order valence-corrected chi connectivity index (χ3v) is 8.25. The number of nitrogens with one attached hydrogen (secondary N) is 1. The summed E-state index contributed by atoms with van der Waals surface area (Å²) in [4.78, 5) is 17.6. The van der Waals surface area contributed by atoms with Gasteiger partial charge in [-0.2, -0.15) is 0 Å². The molecule has 0 atom stereocenters. The number of thioether (sulfide) groups is 1. The second-order valence-electron chi connectivity index (χ2n) is 8.69. The molecule has 0 aliphatic rings. The van der Waals surface area contributed by atoms with Crippen LogP contribution in [-0.2, 0) is 17.0 Å². The monoisotopic (exact) mass is 482 g/mol. The number of nitrogens with zero attached hydrogens (tertiary/aromatic N) is 1. The van der Waals surface area contributed by atoms with Gasteiger partial charge in [0.25, 0.3) is 0 Å². The van der Waals surface area contributed by atoms with Crippen LogP contribution in [0.5, 0.6) is 0 Å². The number of thiazole rings is 1. The van der Waals surface area contributed by atoms with E-state index in [1.807, 2.05) is 42.5 Å². The number of aromatic nitrogens is 1. The molecule has 0 bridgehead atoms. The van der Waals surface area contributed by atoms with E-state index >= 15 is 0 Å². The molecule has 1 heterocycles. The number of hydrogen-bond donors (Lipinski definition) is 1. The van der Waals surface area contributed by atoms with Crippen molar-refractivity contribution in [1.82, 2.24) is 4.98 Å². The van der Waals surface area contributed by atoms with Gasteiger partial charge in [-0.05, 0) is 72.0 Å². The lowest BCUT2D eigenvalue weighted by molar-refractivity contribution is -0.115. The average Bonchev–Trinajstić information content (AvgIpc) is 3.20. The molecule has 0 aliphatic heterocycles. The van der Waals surface area contributed by atoms with Crippen molar-refractivity contribution in [1.29, 1.82) is 0 Å². The molecule has 0 unspecified atom stereocenters. The Morgan fingerprint density at radius 3 is 2.53 bits per heavy atom. The third-order valence-electron chi connectivity index (χ3n) is 6.06. The number of amides is 1. The van der Waals surface area contributed by atoms with Crippen LogP contribution < -0.4 is 5.32 Å². The molecule has 1 amide bonds. The highest BCUT2D eigenvalue weighted by atomic mass is 32.2. The lowest BCUT2D eigenvalue weighted by Gasteiger charge is -2.10. The van der Waals surface area contributed by atoms with Crippen LogP contribution in [0, 0.1) is 20.8 Å². The predicted octanol–water partition coefficient (Wildman–Crippen LogP) is 7.85. The highest BCUT2D eigenvalue weighted by Gasteiger charge is 2.11. The second kappa shape index (κ2) is 9.61. The summed E-state index contributed by atoms with van der Waals surface area (Å²) < 4.78 is 2.14. The minimum Gasteiger partial charge on any atom is -0.326 e. The van der Waals surface area contributed by atoms with Crippen molar-refractivity contribution in [3.63, 3.8) is 0 Å². The van der Waals surface area contributed by atoms with Gasteiger partial charge >= 0.3 is 0 Å². The van der Waals surface area contributed by atoms with E-state index in [9.17, 15) is 4.79 Å². The van der Waals surface area contributed by atoms with Crippen LogP contribution in [-0.4, -0.2) is 10.9 Å². The topological polar surface area (TPSA) is 42.0 Å². The van der Waals surface area contributed by atoms with Crippen LogP contribution in [0.2, 0.25) is 0 Å². The molecular formula is C29H26N2OS2. The first-order valence-electron chi connectivity index (χ1n) is 11.3. The maximum absolute atomic E-state index is 12.8. The van der Waals surface area contributed by atoms with Crippen molar-refractivity contribution in [2.45, 2.75) is 37.3 Å². The molecule has 5 aromatic rings. The highest BCUT2D eigenvalue weighted by molar-refractivity contribution is 8.00. The summed E-state index contributed by atoms with van der Waals surface area (Å²) in [5.74, 6) is 0.895. The third kappa shape index (κ3) is 4.86. The molecule has 5 heteroatoms. The van der Waals surface area contributed by atoms with Gasteiger partial charge in [0.2, 0.25) is 5.91 Å². The number of rotatable bonds is 6. The van der Waals surface area contributed by atoms with E-state index in [0.717, 1.165) is 42.3 Å². The SMILES string of the molecule is Cc1cc(C)c(CSc2nc3ccc(NC(=O)Cc4cccc5ccccc45)cc3s2)c(C)c1.